The Labute approximate surface area is 155 Å². The van der Waals surface area contributed by atoms with Crippen molar-refractivity contribution >= 4 is 34.8 Å². The van der Waals surface area contributed by atoms with Crippen molar-refractivity contribution in [1.29, 1.82) is 0 Å². The lowest BCUT2D eigenvalue weighted by atomic mass is 10.1. The van der Waals surface area contributed by atoms with E-state index in [0.717, 1.165) is 0 Å². The Balaban J connectivity index is 1.68. The van der Waals surface area contributed by atoms with Crippen molar-refractivity contribution < 1.29 is 23.8 Å². The van der Waals surface area contributed by atoms with Gasteiger partial charge in [-0.3, -0.25) is 9.59 Å². The fourth-order valence-electron chi connectivity index (χ4n) is 2.41. The van der Waals surface area contributed by atoms with Crippen molar-refractivity contribution in [2.75, 3.05) is 37.6 Å². The SMILES string of the molecule is COCC(=O)Nc1ccc(NC(=O)c2cc(Cl)c3c(c2)OCCO3)cc1. The molecule has 2 N–H and O–H groups in total. The number of methoxy groups -OCH3 is 1. The predicted octanol–water partition coefficient (Wildman–Crippen LogP) is 2.95. The van der Waals surface area contributed by atoms with Crippen LogP contribution < -0.4 is 20.1 Å². The third-order valence-electron chi connectivity index (χ3n) is 3.56. The van der Waals surface area contributed by atoms with E-state index < -0.39 is 0 Å². The van der Waals surface area contributed by atoms with Gasteiger partial charge in [-0.05, 0) is 36.4 Å². The van der Waals surface area contributed by atoms with Gasteiger partial charge in [0.25, 0.3) is 5.91 Å². The fourth-order valence-corrected chi connectivity index (χ4v) is 2.68. The first-order valence-corrected chi connectivity index (χ1v) is 8.24. The summed E-state index contributed by atoms with van der Waals surface area (Å²) in [6, 6.07) is 9.85. The average molecular weight is 377 g/mol. The molecule has 1 heterocycles. The van der Waals surface area contributed by atoms with Crippen LogP contribution >= 0.6 is 11.6 Å². The zero-order chi connectivity index (χ0) is 18.5. The molecule has 7 nitrogen and oxygen atoms in total. The summed E-state index contributed by atoms with van der Waals surface area (Å²) in [4.78, 5) is 23.9. The minimum Gasteiger partial charge on any atom is -0.486 e. The van der Waals surface area contributed by atoms with E-state index >= 15 is 0 Å². The summed E-state index contributed by atoms with van der Waals surface area (Å²) in [7, 11) is 1.45. The van der Waals surface area contributed by atoms with Crippen molar-refractivity contribution in [3.63, 3.8) is 0 Å². The Hall–Kier alpha value is -2.77. The van der Waals surface area contributed by atoms with Crippen LogP contribution in [0.5, 0.6) is 11.5 Å². The number of anilines is 2. The summed E-state index contributed by atoms with van der Waals surface area (Å²) < 4.78 is 15.7. The first kappa shape index (κ1) is 18.0. The molecular weight excluding hydrogens is 360 g/mol. The van der Waals surface area contributed by atoms with Gasteiger partial charge in [0, 0.05) is 24.0 Å². The van der Waals surface area contributed by atoms with E-state index in [1.165, 1.54) is 13.2 Å². The number of hydrogen-bond donors (Lipinski definition) is 2. The summed E-state index contributed by atoms with van der Waals surface area (Å²) in [6.07, 6.45) is 0. The van der Waals surface area contributed by atoms with Crippen LogP contribution in [0.2, 0.25) is 5.02 Å². The highest BCUT2D eigenvalue weighted by atomic mass is 35.5. The van der Waals surface area contributed by atoms with E-state index in [1.54, 1.807) is 30.3 Å². The number of carbonyl (C=O) groups is 2. The lowest BCUT2D eigenvalue weighted by Crippen LogP contribution is -2.18. The van der Waals surface area contributed by atoms with Gasteiger partial charge in [-0.25, -0.2) is 0 Å². The van der Waals surface area contributed by atoms with Crippen molar-refractivity contribution in [3.05, 3.63) is 47.0 Å². The second-order valence-electron chi connectivity index (χ2n) is 5.49. The summed E-state index contributed by atoms with van der Waals surface area (Å²) in [5.41, 5.74) is 1.54. The van der Waals surface area contributed by atoms with Gasteiger partial charge in [0.05, 0.1) is 5.02 Å². The van der Waals surface area contributed by atoms with Gasteiger partial charge in [0.1, 0.15) is 19.8 Å². The van der Waals surface area contributed by atoms with Crippen molar-refractivity contribution in [1.82, 2.24) is 0 Å². The average Bonchev–Trinajstić information content (AvgIpc) is 2.63. The Morgan fingerprint density at radius 1 is 1.08 bits per heavy atom. The van der Waals surface area contributed by atoms with Crippen LogP contribution in [0.25, 0.3) is 0 Å². The third kappa shape index (κ3) is 4.25. The maximum Gasteiger partial charge on any atom is 0.255 e. The van der Waals surface area contributed by atoms with Gasteiger partial charge < -0.3 is 24.8 Å². The summed E-state index contributed by atoms with van der Waals surface area (Å²) >= 11 is 6.15. The van der Waals surface area contributed by atoms with Gasteiger partial charge in [0.2, 0.25) is 5.91 Å². The quantitative estimate of drug-likeness (QED) is 0.838. The fraction of sp³-hybridized carbons (Fsp3) is 0.222. The summed E-state index contributed by atoms with van der Waals surface area (Å²) in [5, 5.41) is 5.76. The van der Waals surface area contributed by atoms with Gasteiger partial charge in [-0.15, -0.1) is 0 Å². The molecule has 3 rings (SSSR count). The number of fused-ring (bicyclic) bond motifs is 1. The Morgan fingerprint density at radius 2 is 1.73 bits per heavy atom. The second kappa shape index (κ2) is 8.07. The van der Waals surface area contributed by atoms with Gasteiger partial charge in [0.15, 0.2) is 11.5 Å². The molecule has 0 aromatic heterocycles. The van der Waals surface area contributed by atoms with E-state index in [9.17, 15) is 9.59 Å². The molecule has 2 aromatic carbocycles. The Kier molecular flexibility index (Phi) is 5.60. The van der Waals surface area contributed by atoms with E-state index in [0.29, 0.717) is 46.7 Å². The maximum absolute atomic E-state index is 12.4. The highest BCUT2D eigenvalue weighted by molar-refractivity contribution is 6.32. The predicted molar refractivity (Wildman–Crippen MR) is 97.3 cm³/mol. The van der Waals surface area contributed by atoms with E-state index in [-0.39, 0.29) is 18.4 Å². The number of amides is 2. The molecule has 0 spiro atoms. The second-order valence-corrected chi connectivity index (χ2v) is 5.90. The maximum atomic E-state index is 12.4. The molecular formula is C18H17ClN2O5. The molecule has 26 heavy (non-hydrogen) atoms. The number of nitrogens with one attached hydrogen (secondary N) is 2. The van der Waals surface area contributed by atoms with Crippen LogP contribution in [0.15, 0.2) is 36.4 Å². The number of benzene rings is 2. The third-order valence-corrected chi connectivity index (χ3v) is 3.84. The highest BCUT2D eigenvalue weighted by Gasteiger charge is 2.19. The molecule has 0 saturated heterocycles. The molecule has 136 valence electrons. The number of carbonyl (C=O) groups excluding carboxylic acids is 2. The zero-order valence-electron chi connectivity index (χ0n) is 14.0. The molecule has 0 saturated carbocycles. The van der Waals surface area contributed by atoms with Crippen LogP contribution in [-0.2, 0) is 9.53 Å². The molecule has 1 aliphatic heterocycles. The molecule has 0 aliphatic carbocycles. The van der Waals surface area contributed by atoms with Crippen molar-refractivity contribution in [3.8, 4) is 11.5 Å². The Bertz CT molecular complexity index is 823. The van der Waals surface area contributed by atoms with Gasteiger partial charge in [-0.1, -0.05) is 11.6 Å². The molecule has 0 fully saturated rings. The highest BCUT2D eigenvalue weighted by Crippen LogP contribution is 2.38. The van der Waals surface area contributed by atoms with E-state index in [1.807, 2.05) is 0 Å². The van der Waals surface area contributed by atoms with Crippen LogP contribution in [0, 0.1) is 0 Å². The molecule has 0 unspecified atom stereocenters. The van der Waals surface area contributed by atoms with Crippen LogP contribution in [0.3, 0.4) is 0 Å². The minimum atomic E-state index is -0.333. The lowest BCUT2D eigenvalue weighted by molar-refractivity contribution is -0.119. The van der Waals surface area contributed by atoms with E-state index in [4.69, 9.17) is 25.8 Å². The number of rotatable bonds is 5. The number of ether oxygens (including phenoxy) is 3. The first-order chi connectivity index (χ1) is 12.6. The normalized spacial score (nSPS) is 12.4. The largest absolute Gasteiger partial charge is 0.486 e. The molecule has 2 aromatic rings. The van der Waals surface area contributed by atoms with Gasteiger partial charge in [-0.2, -0.15) is 0 Å². The monoisotopic (exact) mass is 376 g/mol. The Morgan fingerprint density at radius 3 is 2.42 bits per heavy atom. The van der Waals surface area contributed by atoms with Crippen molar-refractivity contribution in [2.45, 2.75) is 0 Å². The zero-order valence-corrected chi connectivity index (χ0v) is 14.8. The smallest absolute Gasteiger partial charge is 0.255 e. The number of hydrogen-bond acceptors (Lipinski definition) is 5. The summed E-state index contributed by atoms with van der Waals surface area (Å²) in [6.45, 7) is 0.805. The molecule has 0 bridgehead atoms. The van der Waals surface area contributed by atoms with E-state index in [2.05, 4.69) is 10.6 Å². The molecule has 1 aliphatic rings. The molecule has 0 radical (unpaired) electrons. The minimum absolute atomic E-state index is 0.0244. The standard InChI is InChI=1S/C18H17ClN2O5/c1-24-10-16(22)20-12-2-4-13(5-3-12)21-18(23)11-8-14(19)17-15(9-11)25-6-7-26-17/h2-5,8-9H,6-7,10H2,1H3,(H,20,22)(H,21,23). The van der Waals surface area contributed by atoms with Crippen LogP contribution in [-0.4, -0.2) is 38.7 Å². The van der Waals surface area contributed by atoms with Gasteiger partial charge >= 0.3 is 0 Å². The first-order valence-electron chi connectivity index (χ1n) is 7.86. The van der Waals surface area contributed by atoms with Crippen LogP contribution in [0.1, 0.15) is 10.4 Å². The molecule has 2 amide bonds. The molecule has 0 atom stereocenters. The summed E-state index contributed by atoms with van der Waals surface area (Å²) in [5.74, 6) is 0.311. The topological polar surface area (TPSA) is 85.9 Å². The number of halogens is 1. The van der Waals surface area contributed by atoms with Crippen molar-refractivity contribution in [2.24, 2.45) is 0 Å². The lowest BCUT2D eigenvalue weighted by Gasteiger charge is -2.20. The molecule has 8 heteroatoms. The van der Waals surface area contributed by atoms with Crippen LogP contribution in [0.4, 0.5) is 11.4 Å².